The maximum atomic E-state index is 10.8. The van der Waals surface area contributed by atoms with Crippen LogP contribution in [0, 0.1) is 0 Å². The summed E-state index contributed by atoms with van der Waals surface area (Å²) < 4.78 is 9.75. The second-order valence-electron chi connectivity index (χ2n) is 3.44. The van der Waals surface area contributed by atoms with Crippen LogP contribution in [0.25, 0.3) is 6.08 Å². The topological polar surface area (TPSA) is 113 Å². The van der Waals surface area contributed by atoms with Crippen molar-refractivity contribution in [1.82, 2.24) is 0 Å². The summed E-state index contributed by atoms with van der Waals surface area (Å²) >= 11 is 0. The Morgan fingerprint density at radius 1 is 1.05 bits per heavy atom. The summed E-state index contributed by atoms with van der Waals surface area (Å²) in [4.78, 5) is 21.5. The summed E-state index contributed by atoms with van der Waals surface area (Å²) in [6, 6.07) is 2.59. The van der Waals surface area contributed by atoms with Crippen molar-refractivity contribution in [3.8, 4) is 17.2 Å². The average molecular weight is 268 g/mol. The first-order valence-corrected chi connectivity index (χ1v) is 5.04. The number of phenolic OH excluding ortho intramolecular Hbond substituents is 1. The Kier molecular flexibility index (Phi) is 4.36. The predicted molar refractivity (Wildman–Crippen MR) is 64.5 cm³/mol. The molecule has 3 N–H and O–H groups in total. The first kappa shape index (κ1) is 14.4. The van der Waals surface area contributed by atoms with E-state index in [9.17, 15) is 14.7 Å². The Morgan fingerprint density at radius 2 is 1.47 bits per heavy atom. The van der Waals surface area contributed by atoms with Crippen molar-refractivity contribution in [3.63, 3.8) is 0 Å². The highest BCUT2D eigenvalue weighted by molar-refractivity contribution is 6.16. The third-order valence-corrected chi connectivity index (χ3v) is 2.27. The molecule has 0 saturated carbocycles. The van der Waals surface area contributed by atoms with Crippen molar-refractivity contribution in [2.24, 2.45) is 0 Å². The monoisotopic (exact) mass is 268 g/mol. The highest BCUT2D eigenvalue weighted by Gasteiger charge is 2.17. The normalized spacial score (nSPS) is 9.58. The zero-order valence-corrected chi connectivity index (χ0v) is 10.2. The highest BCUT2D eigenvalue weighted by Crippen LogP contribution is 2.37. The molecule has 0 heterocycles. The minimum atomic E-state index is -1.57. The lowest BCUT2D eigenvalue weighted by atomic mass is 10.1. The molecule has 0 aromatic heterocycles. The fraction of sp³-hybridized carbons (Fsp3) is 0.167. The summed E-state index contributed by atoms with van der Waals surface area (Å²) in [6.07, 6.45) is 0.940. The molecule has 102 valence electrons. The number of carbonyl (C=O) groups is 2. The van der Waals surface area contributed by atoms with E-state index in [1.807, 2.05) is 0 Å². The summed E-state index contributed by atoms with van der Waals surface area (Å²) in [6.45, 7) is 0. The van der Waals surface area contributed by atoms with Crippen LogP contribution in [0.2, 0.25) is 0 Å². The first-order valence-electron chi connectivity index (χ1n) is 5.04. The lowest BCUT2D eigenvalue weighted by Crippen LogP contribution is -2.10. The van der Waals surface area contributed by atoms with Crippen LogP contribution in [0.5, 0.6) is 17.2 Å². The third-order valence-electron chi connectivity index (χ3n) is 2.27. The van der Waals surface area contributed by atoms with Gasteiger partial charge in [-0.2, -0.15) is 0 Å². The Balaban J connectivity index is 3.39. The molecule has 0 aliphatic rings. The van der Waals surface area contributed by atoms with Crippen LogP contribution in [0.3, 0.4) is 0 Å². The van der Waals surface area contributed by atoms with Crippen molar-refractivity contribution in [1.29, 1.82) is 0 Å². The zero-order chi connectivity index (χ0) is 14.6. The minimum absolute atomic E-state index is 0.0423. The van der Waals surface area contributed by atoms with E-state index in [1.54, 1.807) is 0 Å². The smallest absolute Gasteiger partial charge is 0.343 e. The molecule has 7 heteroatoms. The number of aromatic hydroxyl groups is 1. The van der Waals surface area contributed by atoms with Gasteiger partial charge in [0.15, 0.2) is 11.5 Å². The molecule has 0 bridgehead atoms. The Bertz CT molecular complexity index is 504. The van der Waals surface area contributed by atoms with E-state index in [0.29, 0.717) is 0 Å². The number of ether oxygens (including phenoxy) is 2. The minimum Gasteiger partial charge on any atom is -0.502 e. The number of aliphatic carboxylic acids is 2. The number of benzene rings is 1. The number of carboxylic acids is 2. The molecular formula is C12H12O7. The molecule has 1 rings (SSSR count). The molecule has 0 spiro atoms. The molecule has 7 nitrogen and oxygen atoms in total. The van der Waals surface area contributed by atoms with Gasteiger partial charge in [-0.15, -0.1) is 0 Å². The van der Waals surface area contributed by atoms with Gasteiger partial charge in [-0.1, -0.05) is 0 Å². The van der Waals surface area contributed by atoms with Gasteiger partial charge in [0.1, 0.15) is 5.57 Å². The second-order valence-corrected chi connectivity index (χ2v) is 3.44. The van der Waals surface area contributed by atoms with Crippen molar-refractivity contribution in [2.75, 3.05) is 14.2 Å². The number of carboxylic acid groups (broad SMARTS) is 2. The molecule has 0 amide bonds. The van der Waals surface area contributed by atoms with Crippen molar-refractivity contribution >= 4 is 18.0 Å². The summed E-state index contributed by atoms with van der Waals surface area (Å²) in [5, 5.41) is 27.2. The summed E-state index contributed by atoms with van der Waals surface area (Å²) in [7, 11) is 2.61. The predicted octanol–water partition coefficient (Wildman–Crippen LogP) is 0.962. The van der Waals surface area contributed by atoms with Gasteiger partial charge in [-0.05, 0) is 23.8 Å². The largest absolute Gasteiger partial charge is 0.502 e. The Labute approximate surface area is 108 Å². The Hall–Kier alpha value is -2.70. The van der Waals surface area contributed by atoms with Crippen LogP contribution in [0.1, 0.15) is 5.56 Å². The van der Waals surface area contributed by atoms with E-state index in [1.165, 1.54) is 26.4 Å². The average Bonchev–Trinajstić information content (AvgIpc) is 2.36. The summed E-state index contributed by atoms with van der Waals surface area (Å²) in [5.41, 5.74) is -0.596. The molecule has 19 heavy (non-hydrogen) atoms. The molecule has 1 aromatic rings. The zero-order valence-electron chi connectivity index (χ0n) is 10.2. The molecule has 0 atom stereocenters. The quantitative estimate of drug-likeness (QED) is 0.414. The molecule has 0 fully saturated rings. The lowest BCUT2D eigenvalue weighted by molar-refractivity contribution is -0.140. The fourth-order valence-corrected chi connectivity index (χ4v) is 1.38. The van der Waals surface area contributed by atoms with Crippen LogP contribution in [0.15, 0.2) is 17.7 Å². The van der Waals surface area contributed by atoms with Gasteiger partial charge in [-0.3, -0.25) is 0 Å². The number of hydrogen-bond donors (Lipinski definition) is 3. The van der Waals surface area contributed by atoms with Crippen LogP contribution in [-0.4, -0.2) is 41.5 Å². The third kappa shape index (κ3) is 3.15. The fourth-order valence-electron chi connectivity index (χ4n) is 1.38. The molecule has 0 saturated heterocycles. The van der Waals surface area contributed by atoms with Gasteiger partial charge >= 0.3 is 11.9 Å². The number of rotatable bonds is 5. The SMILES string of the molecule is COc1cc(C=C(C(=O)O)C(=O)O)cc(OC)c1O. The van der Waals surface area contributed by atoms with Gasteiger partial charge in [0.25, 0.3) is 0 Å². The highest BCUT2D eigenvalue weighted by atomic mass is 16.5. The van der Waals surface area contributed by atoms with Gasteiger partial charge in [0.2, 0.25) is 5.75 Å². The van der Waals surface area contributed by atoms with Crippen molar-refractivity contribution < 1.29 is 34.4 Å². The molecule has 0 aliphatic carbocycles. The molecule has 0 unspecified atom stereocenters. The van der Waals surface area contributed by atoms with E-state index >= 15 is 0 Å². The molecule has 1 aromatic carbocycles. The van der Waals surface area contributed by atoms with Crippen LogP contribution in [0.4, 0.5) is 0 Å². The van der Waals surface area contributed by atoms with E-state index in [4.69, 9.17) is 19.7 Å². The molecule has 0 radical (unpaired) electrons. The second kappa shape index (κ2) is 5.76. The summed E-state index contributed by atoms with van der Waals surface area (Å²) in [5.74, 6) is -3.31. The van der Waals surface area contributed by atoms with Gasteiger partial charge in [-0.25, -0.2) is 9.59 Å². The van der Waals surface area contributed by atoms with Gasteiger partial charge < -0.3 is 24.8 Å². The van der Waals surface area contributed by atoms with E-state index < -0.39 is 17.5 Å². The standard InChI is InChI=1S/C12H12O7/c1-18-8-4-6(5-9(19-2)10(8)13)3-7(11(14)15)12(16)17/h3-5,13H,1-2H3,(H,14,15)(H,16,17). The van der Waals surface area contributed by atoms with Crippen molar-refractivity contribution in [2.45, 2.75) is 0 Å². The molecular weight excluding hydrogens is 256 g/mol. The van der Waals surface area contributed by atoms with Crippen LogP contribution >= 0.6 is 0 Å². The first-order chi connectivity index (χ1) is 8.90. The Morgan fingerprint density at radius 3 is 1.79 bits per heavy atom. The van der Waals surface area contributed by atoms with E-state index in [-0.39, 0.29) is 22.8 Å². The van der Waals surface area contributed by atoms with Gasteiger partial charge in [0.05, 0.1) is 14.2 Å². The van der Waals surface area contributed by atoms with Crippen LogP contribution in [-0.2, 0) is 9.59 Å². The number of phenols is 1. The maximum Gasteiger partial charge on any atom is 0.343 e. The number of methoxy groups -OCH3 is 2. The number of hydrogen-bond acceptors (Lipinski definition) is 5. The molecule has 0 aliphatic heterocycles. The lowest BCUT2D eigenvalue weighted by Gasteiger charge is -2.09. The van der Waals surface area contributed by atoms with Crippen LogP contribution < -0.4 is 9.47 Å². The van der Waals surface area contributed by atoms with E-state index in [0.717, 1.165) is 6.08 Å². The van der Waals surface area contributed by atoms with Crippen molar-refractivity contribution in [3.05, 3.63) is 23.3 Å². The maximum absolute atomic E-state index is 10.8. The van der Waals surface area contributed by atoms with Gasteiger partial charge in [0, 0.05) is 0 Å². The van der Waals surface area contributed by atoms with E-state index in [2.05, 4.69) is 0 Å².